The first-order valence-electron chi connectivity index (χ1n) is 6.19. The van der Waals surface area contributed by atoms with Crippen LogP contribution in [0.15, 0.2) is 23.1 Å². The highest BCUT2D eigenvalue weighted by Gasteiger charge is 2.21. The van der Waals surface area contributed by atoms with Gasteiger partial charge in [-0.15, -0.1) is 0 Å². The molecule has 7 heteroatoms. The molecule has 1 saturated heterocycles. The van der Waals surface area contributed by atoms with Crippen molar-refractivity contribution < 1.29 is 13.5 Å². The summed E-state index contributed by atoms with van der Waals surface area (Å²) in [5.74, 6) is 0.216. The van der Waals surface area contributed by atoms with Gasteiger partial charge in [0.25, 0.3) is 0 Å². The SMILES string of the molecule is Nc1cc(N2CCCC(CO)C2)cc(S(N)(=O)=O)c1. The third-order valence-electron chi connectivity index (χ3n) is 3.38. The number of hydrogen-bond acceptors (Lipinski definition) is 5. The Kier molecular flexibility index (Phi) is 3.98. The molecular formula is C12H19N3O3S. The zero-order chi connectivity index (χ0) is 14.0. The van der Waals surface area contributed by atoms with Crippen molar-refractivity contribution in [1.82, 2.24) is 0 Å². The number of piperidine rings is 1. The average molecular weight is 285 g/mol. The first-order valence-corrected chi connectivity index (χ1v) is 7.74. The molecule has 0 amide bonds. The molecule has 1 aliphatic heterocycles. The van der Waals surface area contributed by atoms with E-state index in [1.54, 1.807) is 6.07 Å². The average Bonchev–Trinajstić information content (AvgIpc) is 2.37. The van der Waals surface area contributed by atoms with E-state index in [1.807, 2.05) is 4.90 Å². The first-order chi connectivity index (χ1) is 8.90. The molecule has 0 spiro atoms. The van der Waals surface area contributed by atoms with E-state index in [-0.39, 0.29) is 17.4 Å². The number of aliphatic hydroxyl groups is 1. The van der Waals surface area contributed by atoms with Crippen molar-refractivity contribution in [2.75, 3.05) is 30.3 Å². The van der Waals surface area contributed by atoms with Gasteiger partial charge in [-0.05, 0) is 37.0 Å². The minimum Gasteiger partial charge on any atom is -0.399 e. The molecule has 0 aliphatic carbocycles. The second kappa shape index (κ2) is 5.36. The smallest absolute Gasteiger partial charge is 0.238 e. The van der Waals surface area contributed by atoms with Crippen LogP contribution in [-0.2, 0) is 10.0 Å². The van der Waals surface area contributed by atoms with Crippen LogP contribution < -0.4 is 15.8 Å². The molecule has 6 nitrogen and oxygen atoms in total. The summed E-state index contributed by atoms with van der Waals surface area (Å²) in [4.78, 5) is 2.06. The Morgan fingerprint density at radius 3 is 2.74 bits per heavy atom. The highest BCUT2D eigenvalue weighted by molar-refractivity contribution is 7.89. The second-order valence-electron chi connectivity index (χ2n) is 4.94. The number of anilines is 2. The number of aliphatic hydroxyl groups excluding tert-OH is 1. The van der Waals surface area contributed by atoms with Crippen molar-refractivity contribution >= 4 is 21.4 Å². The molecule has 1 aliphatic rings. The number of sulfonamides is 1. The Morgan fingerprint density at radius 2 is 2.11 bits per heavy atom. The van der Waals surface area contributed by atoms with Crippen LogP contribution in [-0.4, -0.2) is 33.2 Å². The minimum absolute atomic E-state index is 0.0219. The van der Waals surface area contributed by atoms with Crippen LogP contribution >= 0.6 is 0 Å². The van der Waals surface area contributed by atoms with Crippen molar-refractivity contribution in [3.8, 4) is 0 Å². The highest BCUT2D eigenvalue weighted by atomic mass is 32.2. The Balaban J connectivity index is 2.32. The molecule has 2 rings (SSSR count). The lowest BCUT2D eigenvalue weighted by molar-refractivity contribution is 0.208. The van der Waals surface area contributed by atoms with Crippen LogP contribution in [0, 0.1) is 5.92 Å². The van der Waals surface area contributed by atoms with E-state index in [0.717, 1.165) is 25.1 Å². The fraction of sp³-hybridized carbons (Fsp3) is 0.500. The molecule has 0 saturated carbocycles. The zero-order valence-electron chi connectivity index (χ0n) is 10.6. The van der Waals surface area contributed by atoms with E-state index in [4.69, 9.17) is 10.9 Å². The number of hydrogen-bond donors (Lipinski definition) is 3. The molecule has 1 fully saturated rings. The fourth-order valence-corrected chi connectivity index (χ4v) is 2.99. The van der Waals surface area contributed by atoms with Crippen molar-refractivity contribution in [3.05, 3.63) is 18.2 Å². The number of benzene rings is 1. The number of nitrogens with two attached hydrogens (primary N) is 2. The van der Waals surface area contributed by atoms with Gasteiger partial charge >= 0.3 is 0 Å². The van der Waals surface area contributed by atoms with Gasteiger partial charge in [0, 0.05) is 31.1 Å². The predicted molar refractivity (Wildman–Crippen MR) is 74.3 cm³/mol. The van der Waals surface area contributed by atoms with Gasteiger partial charge in [0.05, 0.1) is 4.90 Å². The minimum atomic E-state index is -3.76. The lowest BCUT2D eigenvalue weighted by atomic mass is 9.98. The van der Waals surface area contributed by atoms with Crippen LogP contribution in [0.4, 0.5) is 11.4 Å². The summed E-state index contributed by atoms with van der Waals surface area (Å²) in [6.07, 6.45) is 1.95. The van der Waals surface area contributed by atoms with Gasteiger partial charge in [-0.3, -0.25) is 0 Å². The summed E-state index contributed by atoms with van der Waals surface area (Å²) in [6, 6.07) is 4.62. The van der Waals surface area contributed by atoms with Crippen LogP contribution in [0.5, 0.6) is 0 Å². The van der Waals surface area contributed by atoms with E-state index < -0.39 is 10.0 Å². The maximum absolute atomic E-state index is 11.4. The molecule has 0 aromatic heterocycles. The molecule has 1 unspecified atom stereocenters. The molecule has 106 valence electrons. The summed E-state index contributed by atoms with van der Waals surface area (Å²) in [6.45, 7) is 1.66. The third-order valence-corrected chi connectivity index (χ3v) is 4.28. The summed E-state index contributed by atoms with van der Waals surface area (Å²) >= 11 is 0. The third kappa shape index (κ3) is 3.37. The maximum Gasteiger partial charge on any atom is 0.238 e. The number of rotatable bonds is 3. The topological polar surface area (TPSA) is 110 Å². The van der Waals surface area contributed by atoms with E-state index in [9.17, 15) is 13.5 Å². The summed E-state index contributed by atoms with van der Waals surface area (Å²) in [7, 11) is -3.76. The van der Waals surface area contributed by atoms with Gasteiger partial charge in [0.15, 0.2) is 0 Å². The maximum atomic E-state index is 11.4. The normalized spacial score (nSPS) is 20.5. The predicted octanol–water partition coefficient (Wildman–Crippen LogP) is 0.125. The molecule has 19 heavy (non-hydrogen) atoms. The quantitative estimate of drug-likeness (QED) is 0.684. The molecule has 0 bridgehead atoms. The molecule has 1 aromatic rings. The fourth-order valence-electron chi connectivity index (χ4n) is 2.40. The van der Waals surface area contributed by atoms with Crippen LogP contribution in [0.1, 0.15) is 12.8 Å². The largest absolute Gasteiger partial charge is 0.399 e. The monoisotopic (exact) mass is 285 g/mol. The Labute approximate surface area is 113 Å². The van der Waals surface area contributed by atoms with Crippen LogP contribution in [0.2, 0.25) is 0 Å². The molecular weight excluding hydrogens is 266 g/mol. The van der Waals surface area contributed by atoms with Crippen molar-refractivity contribution in [2.24, 2.45) is 11.1 Å². The van der Waals surface area contributed by atoms with Crippen molar-refractivity contribution in [2.45, 2.75) is 17.7 Å². The number of nitrogens with zero attached hydrogens (tertiary/aromatic N) is 1. The molecule has 1 aromatic carbocycles. The summed E-state index contributed by atoms with van der Waals surface area (Å²) in [5.41, 5.74) is 6.84. The van der Waals surface area contributed by atoms with Gasteiger partial charge in [-0.1, -0.05) is 0 Å². The van der Waals surface area contributed by atoms with Gasteiger partial charge in [-0.2, -0.15) is 0 Å². The van der Waals surface area contributed by atoms with Gasteiger partial charge < -0.3 is 15.7 Å². The zero-order valence-corrected chi connectivity index (χ0v) is 11.4. The van der Waals surface area contributed by atoms with E-state index in [1.165, 1.54) is 12.1 Å². The van der Waals surface area contributed by atoms with E-state index in [2.05, 4.69) is 0 Å². The van der Waals surface area contributed by atoms with Crippen LogP contribution in [0.25, 0.3) is 0 Å². The number of nitrogen functional groups attached to an aromatic ring is 1. The standard InChI is InChI=1S/C12H19N3O3S/c13-10-4-11(6-12(5-10)19(14,17)18)15-3-1-2-9(7-15)8-16/h4-6,9,16H,1-3,7-8,13H2,(H2,14,17,18). The van der Waals surface area contributed by atoms with Gasteiger partial charge in [0.1, 0.15) is 0 Å². The van der Waals surface area contributed by atoms with Crippen molar-refractivity contribution in [1.29, 1.82) is 0 Å². The summed E-state index contributed by atoms with van der Waals surface area (Å²) < 4.78 is 22.8. The lowest BCUT2D eigenvalue weighted by Crippen LogP contribution is -2.36. The molecule has 0 radical (unpaired) electrons. The highest BCUT2D eigenvalue weighted by Crippen LogP contribution is 2.27. The molecule has 1 heterocycles. The first kappa shape index (κ1) is 14.1. The van der Waals surface area contributed by atoms with E-state index in [0.29, 0.717) is 12.2 Å². The number of primary sulfonamides is 1. The Morgan fingerprint density at radius 1 is 1.37 bits per heavy atom. The second-order valence-corrected chi connectivity index (χ2v) is 6.50. The lowest BCUT2D eigenvalue weighted by Gasteiger charge is -2.33. The molecule has 5 N–H and O–H groups in total. The van der Waals surface area contributed by atoms with Gasteiger partial charge in [0.2, 0.25) is 10.0 Å². The van der Waals surface area contributed by atoms with Crippen LogP contribution in [0.3, 0.4) is 0 Å². The molecule has 1 atom stereocenters. The van der Waals surface area contributed by atoms with E-state index >= 15 is 0 Å². The van der Waals surface area contributed by atoms with Gasteiger partial charge in [-0.25, -0.2) is 13.6 Å². The Hall–Kier alpha value is -1.31. The Bertz CT molecular complexity index is 559. The van der Waals surface area contributed by atoms with Crippen molar-refractivity contribution in [3.63, 3.8) is 0 Å². The summed E-state index contributed by atoms with van der Waals surface area (Å²) in [5, 5.41) is 14.4.